The minimum atomic E-state index is -0.172. The van der Waals surface area contributed by atoms with Gasteiger partial charge in [-0.2, -0.15) is 0 Å². The monoisotopic (exact) mass is 270 g/mol. The van der Waals surface area contributed by atoms with Crippen molar-refractivity contribution in [3.63, 3.8) is 0 Å². The fourth-order valence-electron chi connectivity index (χ4n) is 1.98. The van der Waals surface area contributed by atoms with E-state index in [2.05, 4.69) is 5.32 Å². The lowest BCUT2D eigenvalue weighted by Gasteiger charge is -2.12. The fourth-order valence-corrected chi connectivity index (χ4v) is 1.98. The number of hydrogen-bond donors (Lipinski definition) is 2. The zero-order chi connectivity index (χ0) is 14.5. The molecule has 20 heavy (non-hydrogen) atoms. The Balaban J connectivity index is 2.23. The van der Waals surface area contributed by atoms with Crippen LogP contribution in [0.3, 0.4) is 0 Å². The molecule has 0 spiro atoms. The lowest BCUT2D eigenvalue weighted by molar-refractivity contribution is 0.102. The van der Waals surface area contributed by atoms with E-state index in [9.17, 15) is 4.79 Å². The smallest absolute Gasteiger partial charge is 0.256 e. The highest BCUT2D eigenvalue weighted by Gasteiger charge is 2.11. The molecule has 2 rings (SSSR count). The summed E-state index contributed by atoms with van der Waals surface area (Å²) in [5.74, 6) is 0.492. The molecule has 104 valence electrons. The van der Waals surface area contributed by atoms with Gasteiger partial charge < -0.3 is 15.8 Å². The van der Waals surface area contributed by atoms with E-state index in [1.807, 2.05) is 38.1 Å². The molecule has 0 aliphatic heterocycles. The number of ether oxygens (including phenoxy) is 1. The van der Waals surface area contributed by atoms with Gasteiger partial charge in [-0.25, -0.2) is 0 Å². The maximum atomic E-state index is 12.3. The van der Waals surface area contributed by atoms with Gasteiger partial charge in [0.05, 0.1) is 12.3 Å². The molecule has 0 saturated carbocycles. The van der Waals surface area contributed by atoms with Gasteiger partial charge in [0.2, 0.25) is 0 Å². The van der Waals surface area contributed by atoms with Crippen LogP contribution in [0.25, 0.3) is 0 Å². The van der Waals surface area contributed by atoms with Crippen LogP contribution in [0.2, 0.25) is 0 Å². The number of nitrogen functional groups attached to an aromatic ring is 1. The largest absolute Gasteiger partial charge is 0.492 e. The summed E-state index contributed by atoms with van der Waals surface area (Å²) in [5.41, 5.74) is 8.45. The van der Waals surface area contributed by atoms with Crippen molar-refractivity contribution in [1.29, 1.82) is 0 Å². The highest BCUT2D eigenvalue weighted by molar-refractivity contribution is 6.06. The van der Waals surface area contributed by atoms with Gasteiger partial charge in [0.15, 0.2) is 0 Å². The molecule has 1 amide bonds. The number of nitrogens with two attached hydrogens (primary N) is 1. The van der Waals surface area contributed by atoms with Gasteiger partial charge in [-0.3, -0.25) is 4.79 Å². The molecule has 0 aromatic heterocycles. The minimum Gasteiger partial charge on any atom is -0.492 e. The van der Waals surface area contributed by atoms with E-state index in [0.717, 1.165) is 5.56 Å². The molecule has 0 bridgehead atoms. The van der Waals surface area contributed by atoms with Gasteiger partial charge in [-0.15, -0.1) is 0 Å². The molecule has 2 aromatic rings. The summed E-state index contributed by atoms with van der Waals surface area (Å²) in [5, 5.41) is 2.87. The standard InChI is InChI=1S/C16H18N2O2/c1-3-20-15-7-5-4-6-14(15)18-16(19)13-9-8-12(17)10-11(13)2/h4-10H,3,17H2,1-2H3,(H,18,19). The summed E-state index contributed by atoms with van der Waals surface area (Å²) < 4.78 is 5.49. The van der Waals surface area contributed by atoms with Crippen LogP contribution in [0.4, 0.5) is 11.4 Å². The number of nitrogens with one attached hydrogen (secondary N) is 1. The third-order valence-corrected chi connectivity index (χ3v) is 2.93. The molecule has 0 unspecified atom stereocenters. The second-order valence-electron chi connectivity index (χ2n) is 4.46. The number of para-hydroxylation sites is 2. The molecule has 2 aromatic carbocycles. The lowest BCUT2D eigenvalue weighted by Crippen LogP contribution is -2.14. The summed E-state index contributed by atoms with van der Waals surface area (Å²) in [6.45, 7) is 4.32. The first-order chi connectivity index (χ1) is 9.61. The van der Waals surface area contributed by atoms with E-state index < -0.39 is 0 Å². The molecule has 4 heteroatoms. The van der Waals surface area contributed by atoms with Crippen LogP contribution in [-0.4, -0.2) is 12.5 Å². The number of anilines is 2. The molecule has 0 saturated heterocycles. The first-order valence-electron chi connectivity index (χ1n) is 6.51. The number of hydrogen-bond acceptors (Lipinski definition) is 3. The van der Waals surface area contributed by atoms with Gasteiger partial charge >= 0.3 is 0 Å². The van der Waals surface area contributed by atoms with Gasteiger partial charge in [-0.1, -0.05) is 12.1 Å². The average molecular weight is 270 g/mol. The van der Waals surface area contributed by atoms with Gasteiger partial charge in [-0.05, 0) is 49.7 Å². The first kappa shape index (κ1) is 13.9. The Hall–Kier alpha value is -2.49. The zero-order valence-electron chi connectivity index (χ0n) is 11.6. The molecule has 0 fully saturated rings. The van der Waals surface area contributed by atoms with E-state index in [1.165, 1.54) is 0 Å². The number of carbonyl (C=O) groups excluding carboxylic acids is 1. The van der Waals surface area contributed by atoms with Crippen LogP contribution < -0.4 is 15.8 Å². The van der Waals surface area contributed by atoms with Crippen LogP contribution in [-0.2, 0) is 0 Å². The molecule has 3 N–H and O–H groups in total. The third kappa shape index (κ3) is 3.09. The maximum absolute atomic E-state index is 12.3. The lowest BCUT2D eigenvalue weighted by atomic mass is 10.1. The van der Waals surface area contributed by atoms with Crippen molar-refractivity contribution in [1.82, 2.24) is 0 Å². The predicted molar refractivity (Wildman–Crippen MR) is 81.2 cm³/mol. The van der Waals surface area contributed by atoms with Crippen LogP contribution in [0.1, 0.15) is 22.8 Å². The topological polar surface area (TPSA) is 64.3 Å². The van der Waals surface area contributed by atoms with E-state index in [0.29, 0.717) is 29.3 Å². The Labute approximate surface area is 118 Å². The molecular weight excluding hydrogens is 252 g/mol. The number of rotatable bonds is 4. The van der Waals surface area contributed by atoms with Crippen molar-refractivity contribution in [2.75, 3.05) is 17.7 Å². The molecule has 0 aliphatic rings. The van der Waals surface area contributed by atoms with Crippen molar-refractivity contribution in [2.24, 2.45) is 0 Å². The zero-order valence-corrected chi connectivity index (χ0v) is 11.6. The third-order valence-electron chi connectivity index (χ3n) is 2.93. The quantitative estimate of drug-likeness (QED) is 0.838. The van der Waals surface area contributed by atoms with Crippen molar-refractivity contribution in [2.45, 2.75) is 13.8 Å². The molecule has 0 aliphatic carbocycles. The van der Waals surface area contributed by atoms with E-state index >= 15 is 0 Å². The fraction of sp³-hybridized carbons (Fsp3) is 0.188. The van der Waals surface area contributed by atoms with E-state index in [-0.39, 0.29) is 5.91 Å². The summed E-state index contributed by atoms with van der Waals surface area (Å²) in [6, 6.07) is 12.6. The van der Waals surface area contributed by atoms with E-state index in [4.69, 9.17) is 10.5 Å². The predicted octanol–water partition coefficient (Wildman–Crippen LogP) is 3.23. The Kier molecular flexibility index (Phi) is 4.25. The van der Waals surface area contributed by atoms with Crippen LogP contribution in [0, 0.1) is 6.92 Å². The second-order valence-corrected chi connectivity index (χ2v) is 4.46. The number of benzene rings is 2. The highest BCUT2D eigenvalue weighted by Crippen LogP contribution is 2.24. The Bertz CT molecular complexity index is 624. The number of amides is 1. The SMILES string of the molecule is CCOc1ccccc1NC(=O)c1ccc(N)cc1C. The van der Waals surface area contributed by atoms with Crippen LogP contribution >= 0.6 is 0 Å². The summed E-state index contributed by atoms with van der Waals surface area (Å²) >= 11 is 0. The van der Waals surface area contributed by atoms with Crippen LogP contribution in [0.5, 0.6) is 5.75 Å². The van der Waals surface area contributed by atoms with Gasteiger partial charge in [0.1, 0.15) is 5.75 Å². The normalized spacial score (nSPS) is 10.1. The summed E-state index contributed by atoms with van der Waals surface area (Å²) in [7, 11) is 0. The number of aryl methyl sites for hydroxylation is 1. The van der Waals surface area contributed by atoms with Crippen LogP contribution in [0.15, 0.2) is 42.5 Å². The summed E-state index contributed by atoms with van der Waals surface area (Å²) in [6.07, 6.45) is 0. The van der Waals surface area contributed by atoms with Crippen molar-refractivity contribution < 1.29 is 9.53 Å². The van der Waals surface area contributed by atoms with Gasteiger partial charge in [0.25, 0.3) is 5.91 Å². The Morgan fingerprint density at radius 2 is 2.00 bits per heavy atom. The molecule has 0 heterocycles. The number of carbonyl (C=O) groups is 1. The van der Waals surface area contributed by atoms with E-state index in [1.54, 1.807) is 18.2 Å². The molecule has 0 atom stereocenters. The minimum absolute atomic E-state index is 0.172. The Morgan fingerprint density at radius 1 is 1.25 bits per heavy atom. The highest BCUT2D eigenvalue weighted by atomic mass is 16.5. The Morgan fingerprint density at radius 3 is 2.70 bits per heavy atom. The maximum Gasteiger partial charge on any atom is 0.256 e. The molecule has 0 radical (unpaired) electrons. The van der Waals surface area contributed by atoms with Gasteiger partial charge in [0, 0.05) is 11.3 Å². The van der Waals surface area contributed by atoms with Crippen molar-refractivity contribution in [3.05, 3.63) is 53.6 Å². The van der Waals surface area contributed by atoms with Crippen molar-refractivity contribution >= 4 is 17.3 Å². The second kappa shape index (κ2) is 6.10. The summed E-state index contributed by atoms with van der Waals surface area (Å²) in [4.78, 5) is 12.3. The molecule has 4 nitrogen and oxygen atoms in total. The molecular formula is C16H18N2O2. The van der Waals surface area contributed by atoms with Crippen molar-refractivity contribution in [3.8, 4) is 5.75 Å². The first-order valence-corrected chi connectivity index (χ1v) is 6.51. The average Bonchev–Trinajstić information content (AvgIpc) is 2.41.